The van der Waals surface area contributed by atoms with Crippen molar-refractivity contribution in [2.45, 2.75) is 13.7 Å². The minimum atomic E-state index is 0.489. The van der Waals surface area contributed by atoms with E-state index in [-0.39, 0.29) is 0 Å². The predicted octanol–water partition coefficient (Wildman–Crippen LogP) is 4.58. The lowest BCUT2D eigenvalue weighted by atomic mass is 10.1. The molecule has 3 nitrogen and oxygen atoms in total. The van der Waals surface area contributed by atoms with Gasteiger partial charge in [-0.1, -0.05) is 48.2 Å². The molecule has 0 radical (unpaired) electrons. The van der Waals surface area contributed by atoms with Gasteiger partial charge in [-0.15, -0.1) is 0 Å². The summed E-state index contributed by atoms with van der Waals surface area (Å²) in [5.41, 5.74) is 4.02. The van der Waals surface area contributed by atoms with Crippen molar-refractivity contribution < 1.29 is 4.74 Å². The molecule has 0 aliphatic carbocycles. The van der Waals surface area contributed by atoms with Crippen LogP contribution in [0.5, 0.6) is 0 Å². The summed E-state index contributed by atoms with van der Waals surface area (Å²) < 4.78 is 7.76. The summed E-state index contributed by atoms with van der Waals surface area (Å²) in [7, 11) is 0. The van der Waals surface area contributed by atoms with E-state index in [1.807, 2.05) is 61.7 Å². The van der Waals surface area contributed by atoms with Gasteiger partial charge < -0.3 is 9.30 Å². The van der Waals surface area contributed by atoms with E-state index in [1.165, 1.54) is 0 Å². The van der Waals surface area contributed by atoms with Gasteiger partial charge in [-0.3, -0.25) is 0 Å². The van der Waals surface area contributed by atoms with E-state index in [2.05, 4.69) is 33.5 Å². The van der Waals surface area contributed by atoms with Crippen molar-refractivity contribution in [1.82, 2.24) is 9.55 Å². The Morgan fingerprint density at radius 2 is 1.76 bits per heavy atom. The minimum Gasteiger partial charge on any atom is -0.361 e. The van der Waals surface area contributed by atoms with Crippen LogP contribution in [0.2, 0.25) is 0 Å². The van der Waals surface area contributed by atoms with Crippen LogP contribution in [0.25, 0.3) is 21.9 Å². The number of hydrogen-bond donors (Lipinski definition) is 0. The molecule has 0 amide bonds. The molecule has 2 heterocycles. The van der Waals surface area contributed by atoms with E-state index < -0.39 is 0 Å². The summed E-state index contributed by atoms with van der Waals surface area (Å²) >= 11 is 0. The molecule has 2 aromatic carbocycles. The molecule has 25 heavy (non-hydrogen) atoms. The topological polar surface area (TPSA) is 27.1 Å². The monoisotopic (exact) mass is 326 g/mol. The first-order valence-corrected chi connectivity index (χ1v) is 8.39. The van der Waals surface area contributed by atoms with E-state index >= 15 is 0 Å². The third-order valence-electron chi connectivity index (χ3n) is 4.19. The van der Waals surface area contributed by atoms with Crippen LogP contribution in [0.3, 0.4) is 0 Å². The maximum Gasteiger partial charge on any atom is 0.144 e. The minimum absolute atomic E-state index is 0.489. The summed E-state index contributed by atoms with van der Waals surface area (Å²) in [6.45, 7) is 3.16. The van der Waals surface area contributed by atoms with Crippen molar-refractivity contribution in [3.8, 4) is 11.8 Å². The van der Waals surface area contributed by atoms with Gasteiger partial charge in [-0.2, -0.15) is 0 Å². The number of nitrogens with zero attached hydrogens (tertiary/aromatic N) is 2. The number of para-hydroxylation sites is 1. The van der Waals surface area contributed by atoms with Crippen LogP contribution in [0.4, 0.5) is 0 Å². The van der Waals surface area contributed by atoms with Crippen molar-refractivity contribution in [3.63, 3.8) is 0 Å². The molecule has 122 valence electrons. The SMILES string of the molecule is CCOCn1c2ccccc2c2c(C#Cc3ccccc3)ccnc21. The molecule has 3 heteroatoms. The second-order valence-electron chi connectivity index (χ2n) is 5.74. The molecule has 0 N–H and O–H groups in total. The van der Waals surface area contributed by atoms with Gasteiger partial charge in [0.15, 0.2) is 0 Å². The van der Waals surface area contributed by atoms with Crippen molar-refractivity contribution in [2.24, 2.45) is 0 Å². The molecule has 0 saturated heterocycles. The lowest BCUT2D eigenvalue weighted by Crippen LogP contribution is -2.02. The highest BCUT2D eigenvalue weighted by Crippen LogP contribution is 2.30. The molecule has 0 aliphatic heterocycles. The second-order valence-corrected chi connectivity index (χ2v) is 5.74. The second kappa shape index (κ2) is 6.80. The number of benzene rings is 2. The Morgan fingerprint density at radius 1 is 0.960 bits per heavy atom. The molecule has 0 bridgehead atoms. The molecule has 4 rings (SSSR count). The van der Waals surface area contributed by atoms with Gasteiger partial charge >= 0.3 is 0 Å². The predicted molar refractivity (Wildman–Crippen MR) is 101 cm³/mol. The summed E-state index contributed by atoms with van der Waals surface area (Å²) in [5.74, 6) is 6.57. The van der Waals surface area contributed by atoms with Gasteiger partial charge in [-0.05, 0) is 31.2 Å². The Labute approximate surface area is 146 Å². The van der Waals surface area contributed by atoms with E-state index in [1.54, 1.807) is 0 Å². The van der Waals surface area contributed by atoms with E-state index in [4.69, 9.17) is 4.74 Å². The number of fused-ring (bicyclic) bond motifs is 3. The number of pyridine rings is 1. The molecular formula is C22H18N2O. The molecule has 0 atom stereocenters. The van der Waals surface area contributed by atoms with Gasteiger partial charge in [0.25, 0.3) is 0 Å². The van der Waals surface area contributed by atoms with Gasteiger partial charge in [0.05, 0.1) is 5.52 Å². The standard InChI is InChI=1S/C22H18N2O/c1-2-25-16-24-20-11-7-6-10-19(20)21-18(14-15-23-22(21)24)13-12-17-8-4-3-5-9-17/h3-11,14-15H,2,16H2,1H3. The van der Waals surface area contributed by atoms with E-state index in [0.29, 0.717) is 13.3 Å². The Balaban J connectivity index is 1.94. The zero-order valence-electron chi connectivity index (χ0n) is 14.1. The molecule has 0 aliphatic rings. The molecule has 0 saturated carbocycles. The summed E-state index contributed by atoms with van der Waals surface area (Å²) in [4.78, 5) is 4.60. The smallest absolute Gasteiger partial charge is 0.144 e. The van der Waals surface area contributed by atoms with Crippen LogP contribution >= 0.6 is 0 Å². The Hall–Kier alpha value is -3.09. The third kappa shape index (κ3) is 2.88. The normalized spacial score (nSPS) is 10.8. The summed E-state index contributed by atoms with van der Waals surface area (Å²) in [6.07, 6.45) is 1.82. The third-order valence-corrected chi connectivity index (χ3v) is 4.19. The highest BCUT2D eigenvalue weighted by Gasteiger charge is 2.13. The molecule has 0 fully saturated rings. The fourth-order valence-electron chi connectivity index (χ4n) is 3.03. The first-order valence-electron chi connectivity index (χ1n) is 8.39. The number of hydrogen-bond acceptors (Lipinski definition) is 2. The largest absolute Gasteiger partial charge is 0.361 e. The number of ether oxygens (including phenoxy) is 1. The maximum atomic E-state index is 5.65. The van der Waals surface area contributed by atoms with Crippen molar-refractivity contribution in [3.05, 3.63) is 78.0 Å². The van der Waals surface area contributed by atoms with Crippen molar-refractivity contribution >= 4 is 21.9 Å². The first-order chi connectivity index (χ1) is 12.4. The number of rotatable bonds is 3. The zero-order chi connectivity index (χ0) is 17.1. The van der Waals surface area contributed by atoms with E-state index in [0.717, 1.165) is 33.1 Å². The van der Waals surface area contributed by atoms with E-state index in [9.17, 15) is 0 Å². The lowest BCUT2D eigenvalue weighted by molar-refractivity contribution is 0.0932. The fraction of sp³-hybridized carbons (Fsp3) is 0.136. The van der Waals surface area contributed by atoms with Crippen LogP contribution < -0.4 is 0 Å². The Morgan fingerprint density at radius 3 is 2.60 bits per heavy atom. The van der Waals surface area contributed by atoms with Gasteiger partial charge in [-0.25, -0.2) is 4.98 Å². The molecule has 0 unspecified atom stereocenters. The first kappa shape index (κ1) is 15.4. The highest BCUT2D eigenvalue weighted by atomic mass is 16.5. The van der Waals surface area contributed by atoms with Crippen molar-refractivity contribution in [2.75, 3.05) is 6.61 Å². The maximum absolute atomic E-state index is 5.65. The molecule has 0 spiro atoms. The van der Waals surface area contributed by atoms with Crippen LogP contribution in [0.15, 0.2) is 66.9 Å². The Bertz CT molecular complexity index is 1080. The van der Waals surface area contributed by atoms with Crippen LogP contribution in [0.1, 0.15) is 18.1 Å². The molecular weight excluding hydrogens is 308 g/mol. The summed E-state index contributed by atoms with van der Waals surface area (Å²) in [6, 6.07) is 20.3. The van der Waals surface area contributed by atoms with Gasteiger partial charge in [0, 0.05) is 34.7 Å². The highest BCUT2D eigenvalue weighted by molar-refractivity contribution is 6.09. The van der Waals surface area contributed by atoms with Crippen LogP contribution in [-0.2, 0) is 11.5 Å². The molecule has 4 aromatic rings. The van der Waals surface area contributed by atoms with Crippen LogP contribution in [-0.4, -0.2) is 16.2 Å². The zero-order valence-corrected chi connectivity index (χ0v) is 14.1. The number of aromatic nitrogens is 2. The van der Waals surface area contributed by atoms with Gasteiger partial charge in [0.1, 0.15) is 12.4 Å². The van der Waals surface area contributed by atoms with Crippen LogP contribution in [0, 0.1) is 11.8 Å². The summed E-state index contributed by atoms with van der Waals surface area (Å²) in [5, 5.41) is 2.24. The lowest BCUT2D eigenvalue weighted by Gasteiger charge is -2.06. The van der Waals surface area contributed by atoms with Crippen molar-refractivity contribution in [1.29, 1.82) is 0 Å². The Kier molecular flexibility index (Phi) is 4.20. The fourth-order valence-corrected chi connectivity index (χ4v) is 3.03. The van der Waals surface area contributed by atoms with Gasteiger partial charge in [0.2, 0.25) is 0 Å². The average molecular weight is 326 g/mol. The quantitative estimate of drug-likeness (QED) is 0.515. The average Bonchev–Trinajstić information content (AvgIpc) is 3.00. The molecule has 2 aromatic heterocycles.